The van der Waals surface area contributed by atoms with Crippen molar-refractivity contribution >= 4 is 17.3 Å². The van der Waals surface area contributed by atoms with E-state index in [-0.39, 0.29) is 0 Å². The second-order valence-corrected chi connectivity index (χ2v) is 7.03. The number of para-hydroxylation sites is 3. The number of aryl methyl sites for hydroxylation is 2. The molecule has 0 aliphatic rings. The molecule has 0 fully saturated rings. The lowest BCUT2D eigenvalue weighted by Crippen LogP contribution is -2.14. The summed E-state index contributed by atoms with van der Waals surface area (Å²) in [6.07, 6.45) is 0. The van der Waals surface area contributed by atoms with Gasteiger partial charge in [-0.25, -0.2) is 0 Å². The number of halogens is 1. The van der Waals surface area contributed by atoms with Gasteiger partial charge in [0, 0.05) is 11.6 Å². The summed E-state index contributed by atoms with van der Waals surface area (Å²) >= 11 is 6.20. The first-order chi connectivity index (χ1) is 14.1. The standard InChI is InChI=1S/C24H26ClNO3/c1-18-16-21(17-19(2)24(18)25)27-13-12-26-22-10-6-7-11-23(22)29-15-14-28-20-8-4-3-5-9-20/h3-11,16-17,26H,12-15H2,1-2H3. The highest BCUT2D eigenvalue weighted by Crippen LogP contribution is 2.26. The van der Waals surface area contributed by atoms with Crippen molar-refractivity contribution in [3.05, 3.63) is 82.9 Å². The highest BCUT2D eigenvalue weighted by molar-refractivity contribution is 6.32. The Morgan fingerprint density at radius 3 is 2.10 bits per heavy atom. The maximum atomic E-state index is 6.20. The van der Waals surface area contributed by atoms with E-state index < -0.39 is 0 Å². The molecule has 0 heterocycles. The monoisotopic (exact) mass is 411 g/mol. The molecule has 0 saturated heterocycles. The van der Waals surface area contributed by atoms with Gasteiger partial charge in [0.1, 0.15) is 37.1 Å². The van der Waals surface area contributed by atoms with Gasteiger partial charge in [-0.2, -0.15) is 0 Å². The summed E-state index contributed by atoms with van der Waals surface area (Å²) < 4.78 is 17.4. The van der Waals surface area contributed by atoms with Crippen LogP contribution >= 0.6 is 11.6 Å². The van der Waals surface area contributed by atoms with Crippen LogP contribution in [0.3, 0.4) is 0 Å². The van der Waals surface area contributed by atoms with E-state index >= 15 is 0 Å². The molecule has 5 heteroatoms. The molecule has 0 amide bonds. The molecule has 3 rings (SSSR count). The fraction of sp³-hybridized carbons (Fsp3) is 0.250. The molecule has 29 heavy (non-hydrogen) atoms. The van der Waals surface area contributed by atoms with E-state index in [1.54, 1.807) is 0 Å². The molecule has 0 radical (unpaired) electrons. The molecule has 152 valence electrons. The van der Waals surface area contributed by atoms with Gasteiger partial charge in [-0.05, 0) is 61.4 Å². The smallest absolute Gasteiger partial charge is 0.142 e. The molecule has 0 bridgehead atoms. The summed E-state index contributed by atoms with van der Waals surface area (Å²) in [5, 5.41) is 4.16. The van der Waals surface area contributed by atoms with Crippen molar-refractivity contribution in [1.29, 1.82) is 0 Å². The summed E-state index contributed by atoms with van der Waals surface area (Å²) in [5.74, 6) is 2.46. The van der Waals surface area contributed by atoms with Gasteiger partial charge in [0.25, 0.3) is 0 Å². The number of nitrogens with one attached hydrogen (secondary N) is 1. The molecule has 4 nitrogen and oxygen atoms in total. The highest BCUT2D eigenvalue weighted by atomic mass is 35.5. The van der Waals surface area contributed by atoms with Crippen LogP contribution in [0.15, 0.2) is 66.7 Å². The number of anilines is 1. The first kappa shape index (κ1) is 20.9. The van der Waals surface area contributed by atoms with Crippen LogP contribution in [0.4, 0.5) is 5.69 Å². The Morgan fingerprint density at radius 2 is 1.34 bits per heavy atom. The van der Waals surface area contributed by atoms with Crippen molar-refractivity contribution in [3.8, 4) is 17.2 Å². The summed E-state index contributed by atoms with van der Waals surface area (Å²) in [5.41, 5.74) is 2.97. The molecule has 0 saturated carbocycles. The zero-order valence-electron chi connectivity index (χ0n) is 16.8. The summed E-state index contributed by atoms with van der Waals surface area (Å²) in [4.78, 5) is 0. The number of rotatable bonds is 10. The number of ether oxygens (including phenoxy) is 3. The maximum absolute atomic E-state index is 6.20. The summed E-state index contributed by atoms with van der Waals surface area (Å²) in [7, 11) is 0. The molecule has 1 N–H and O–H groups in total. The second kappa shape index (κ2) is 10.6. The third kappa shape index (κ3) is 6.33. The lowest BCUT2D eigenvalue weighted by atomic mass is 10.1. The van der Waals surface area contributed by atoms with Crippen molar-refractivity contribution in [2.24, 2.45) is 0 Å². The third-order valence-corrected chi connectivity index (χ3v) is 4.93. The van der Waals surface area contributed by atoms with Crippen molar-refractivity contribution in [2.45, 2.75) is 13.8 Å². The number of benzene rings is 3. The molecule has 0 aromatic heterocycles. The quantitative estimate of drug-likeness (QED) is 0.421. The zero-order chi connectivity index (χ0) is 20.5. The maximum Gasteiger partial charge on any atom is 0.142 e. The Kier molecular flexibility index (Phi) is 7.65. The lowest BCUT2D eigenvalue weighted by Gasteiger charge is -2.14. The van der Waals surface area contributed by atoms with Crippen LogP contribution in [0.2, 0.25) is 5.02 Å². The molecule has 0 atom stereocenters. The second-order valence-electron chi connectivity index (χ2n) is 6.65. The van der Waals surface area contributed by atoms with Crippen LogP contribution in [-0.4, -0.2) is 26.4 Å². The van der Waals surface area contributed by atoms with Crippen LogP contribution in [-0.2, 0) is 0 Å². The number of hydrogen-bond acceptors (Lipinski definition) is 4. The van der Waals surface area contributed by atoms with Crippen LogP contribution in [0.1, 0.15) is 11.1 Å². The van der Waals surface area contributed by atoms with Gasteiger partial charge < -0.3 is 19.5 Å². The Bertz CT molecular complexity index is 892. The SMILES string of the molecule is Cc1cc(OCCNc2ccccc2OCCOc2ccccc2)cc(C)c1Cl. The fourth-order valence-corrected chi connectivity index (χ4v) is 3.02. The minimum atomic E-state index is 0.466. The first-order valence-corrected chi connectivity index (χ1v) is 10.0. The minimum absolute atomic E-state index is 0.466. The van der Waals surface area contributed by atoms with Gasteiger partial charge in [0.15, 0.2) is 0 Å². The lowest BCUT2D eigenvalue weighted by molar-refractivity contribution is 0.217. The summed E-state index contributed by atoms with van der Waals surface area (Å²) in [6, 6.07) is 21.5. The van der Waals surface area contributed by atoms with E-state index in [1.165, 1.54) is 0 Å². The molecular weight excluding hydrogens is 386 g/mol. The molecule has 3 aromatic rings. The van der Waals surface area contributed by atoms with Crippen LogP contribution in [0.5, 0.6) is 17.2 Å². The molecule has 0 aliphatic heterocycles. The van der Waals surface area contributed by atoms with Gasteiger partial charge in [0.05, 0.1) is 5.69 Å². The molecular formula is C24H26ClNO3. The molecule has 0 aliphatic carbocycles. The summed E-state index contributed by atoms with van der Waals surface area (Å²) in [6.45, 7) is 6.10. The van der Waals surface area contributed by atoms with Gasteiger partial charge >= 0.3 is 0 Å². The van der Waals surface area contributed by atoms with Crippen LogP contribution in [0, 0.1) is 13.8 Å². The van der Waals surface area contributed by atoms with Crippen LogP contribution in [0.25, 0.3) is 0 Å². The van der Waals surface area contributed by atoms with E-state index in [1.807, 2.05) is 80.6 Å². The largest absolute Gasteiger partial charge is 0.492 e. The Morgan fingerprint density at radius 1 is 0.724 bits per heavy atom. The number of hydrogen-bond donors (Lipinski definition) is 1. The van der Waals surface area contributed by atoms with Crippen molar-refractivity contribution in [3.63, 3.8) is 0 Å². The predicted octanol–water partition coefficient (Wildman–Crippen LogP) is 5.91. The Labute approximate surface area is 177 Å². The normalized spacial score (nSPS) is 10.4. The van der Waals surface area contributed by atoms with Gasteiger partial charge in [-0.15, -0.1) is 0 Å². The van der Waals surface area contributed by atoms with E-state index in [9.17, 15) is 0 Å². The molecule has 0 unspecified atom stereocenters. The van der Waals surface area contributed by atoms with E-state index in [0.717, 1.165) is 39.1 Å². The van der Waals surface area contributed by atoms with Gasteiger partial charge in [-0.3, -0.25) is 0 Å². The first-order valence-electron chi connectivity index (χ1n) is 9.66. The topological polar surface area (TPSA) is 39.7 Å². The van der Waals surface area contributed by atoms with Gasteiger partial charge in [0.2, 0.25) is 0 Å². The predicted molar refractivity (Wildman–Crippen MR) is 119 cm³/mol. The Hall–Kier alpha value is -2.85. The fourth-order valence-electron chi connectivity index (χ4n) is 2.91. The zero-order valence-corrected chi connectivity index (χ0v) is 17.5. The molecule has 3 aromatic carbocycles. The van der Waals surface area contributed by atoms with E-state index in [0.29, 0.717) is 26.4 Å². The highest BCUT2D eigenvalue weighted by Gasteiger charge is 2.05. The van der Waals surface area contributed by atoms with E-state index in [2.05, 4.69) is 5.32 Å². The third-order valence-electron chi connectivity index (χ3n) is 4.34. The average Bonchev–Trinajstić information content (AvgIpc) is 2.74. The van der Waals surface area contributed by atoms with Crippen molar-refractivity contribution < 1.29 is 14.2 Å². The van der Waals surface area contributed by atoms with E-state index in [4.69, 9.17) is 25.8 Å². The van der Waals surface area contributed by atoms with Crippen molar-refractivity contribution in [1.82, 2.24) is 0 Å². The Balaban J connectivity index is 1.44. The van der Waals surface area contributed by atoms with Gasteiger partial charge in [-0.1, -0.05) is 41.9 Å². The van der Waals surface area contributed by atoms with Crippen molar-refractivity contribution in [2.75, 3.05) is 31.7 Å². The minimum Gasteiger partial charge on any atom is -0.492 e. The molecule has 0 spiro atoms. The van der Waals surface area contributed by atoms with Crippen LogP contribution < -0.4 is 19.5 Å². The average molecular weight is 412 g/mol.